The standard InChI is InChI=1S/C14H33N3.C11H9NO2S2/c1-2-3-4-5-6-7-12-17(13-8-10-15)14-9-11-16;13-16-6-5-14-12-11(16)10-7-8-3-1-2-4-9(8)15-10/h2-16H2,1H3;1-4,7H,5-6H2. The summed E-state index contributed by atoms with van der Waals surface area (Å²) in [5, 5.41) is 5.64. The minimum absolute atomic E-state index is 0.445. The normalized spacial score (nSPS) is 15.8. The van der Waals surface area contributed by atoms with Crippen LogP contribution in [0.4, 0.5) is 0 Å². The van der Waals surface area contributed by atoms with Gasteiger partial charge in [-0.2, -0.15) is 0 Å². The number of hydrogen-bond donors (Lipinski definition) is 2. The van der Waals surface area contributed by atoms with E-state index >= 15 is 0 Å². The van der Waals surface area contributed by atoms with Crippen LogP contribution < -0.4 is 11.5 Å². The number of unbranched alkanes of at least 4 members (excludes halogenated alkanes) is 5. The molecule has 1 aromatic carbocycles. The number of hydrogen-bond acceptors (Lipinski definition) is 7. The van der Waals surface area contributed by atoms with Crippen molar-refractivity contribution in [3.8, 4) is 0 Å². The number of benzene rings is 1. The summed E-state index contributed by atoms with van der Waals surface area (Å²) in [5.41, 5.74) is 11.1. The molecule has 0 amide bonds. The lowest BCUT2D eigenvalue weighted by atomic mass is 10.1. The lowest BCUT2D eigenvalue weighted by Gasteiger charge is -2.21. The Labute approximate surface area is 206 Å². The summed E-state index contributed by atoms with van der Waals surface area (Å²) in [6.07, 6.45) is 10.5. The molecule has 3 rings (SSSR count). The molecule has 6 nitrogen and oxygen atoms in total. The summed E-state index contributed by atoms with van der Waals surface area (Å²) in [4.78, 5) is 8.48. The first kappa shape index (κ1) is 27.9. The highest BCUT2D eigenvalue weighted by molar-refractivity contribution is 8.01. The second-order valence-corrected chi connectivity index (χ2v) is 10.9. The van der Waals surface area contributed by atoms with Crippen molar-refractivity contribution >= 4 is 37.3 Å². The van der Waals surface area contributed by atoms with Gasteiger partial charge in [-0.25, -0.2) is 0 Å². The predicted molar refractivity (Wildman–Crippen MR) is 144 cm³/mol. The van der Waals surface area contributed by atoms with Gasteiger partial charge in [0.25, 0.3) is 0 Å². The van der Waals surface area contributed by atoms with Crippen molar-refractivity contribution in [2.24, 2.45) is 16.6 Å². The van der Waals surface area contributed by atoms with Crippen LogP contribution in [0.3, 0.4) is 0 Å². The maximum Gasteiger partial charge on any atom is 0.183 e. The van der Waals surface area contributed by atoms with E-state index in [1.54, 1.807) is 11.3 Å². The Kier molecular flexibility index (Phi) is 14.5. The third-order valence-electron chi connectivity index (χ3n) is 5.54. The highest BCUT2D eigenvalue weighted by Gasteiger charge is 2.19. The summed E-state index contributed by atoms with van der Waals surface area (Å²) in [6.45, 7) is 7.83. The maximum absolute atomic E-state index is 11.8. The quantitative estimate of drug-likeness (QED) is 0.372. The lowest BCUT2D eigenvalue weighted by Crippen LogP contribution is -2.29. The molecule has 33 heavy (non-hydrogen) atoms. The summed E-state index contributed by atoms with van der Waals surface area (Å²) in [6, 6.07) is 10.1. The average Bonchev–Trinajstić information content (AvgIpc) is 3.27. The molecule has 0 radical (unpaired) electrons. The molecule has 1 aliphatic heterocycles. The number of oxime groups is 1. The zero-order valence-corrected chi connectivity index (χ0v) is 21.8. The van der Waals surface area contributed by atoms with E-state index in [1.165, 1.54) is 49.8 Å². The molecule has 1 atom stereocenters. The van der Waals surface area contributed by atoms with Gasteiger partial charge in [0.15, 0.2) is 5.04 Å². The highest BCUT2D eigenvalue weighted by Crippen LogP contribution is 2.27. The molecular weight excluding hydrogens is 452 g/mol. The Morgan fingerprint density at radius 3 is 2.33 bits per heavy atom. The number of nitrogens with two attached hydrogens (primary N) is 2. The Balaban J connectivity index is 0.000000233. The molecule has 1 aromatic heterocycles. The molecule has 2 heterocycles. The van der Waals surface area contributed by atoms with Gasteiger partial charge in [0.1, 0.15) is 6.61 Å². The van der Waals surface area contributed by atoms with Gasteiger partial charge in [0.2, 0.25) is 0 Å². The van der Waals surface area contributed by atoms with E-state index in [0.717, 1.165) is 49.3 Å². The van der Waals surface area contributed by atoms with Gasteiger partial charge >= 0.3 is 0 Å². The second kappa shape index (κ2) is 17.2. The highest BCUT2D eigenvalue weighted by atomic mass is 32.2. The van der Waals surface area contributed by atoms with Crippen LogP contribution in [0.25, 0.3) is 10.1 Å². The summed E-state index contributed by atoms with van der Waals surface area (Å²) in [5.74, 6) is 0.535. The molecule has 1 unspecified atom stereocenters. The van der Waals surface area contributed by atoms with E-state index < -0.39 is 10.8 Å². The summed E-state index contributed by atoms with van der Waals surface area (Å²) < 4.78 is 13.0. The number of fused-ring (bicyclic) bond motifs is 1. The van der Waals surface area contributed by atoms with Gasteiger partial charge in [-0.15, -0.1) is 11.3 Å². The molecule has 0 spiro atoms. The Bertz CT molecular complexity index is 800. The lowest BCUT2D eigenvalue weighted by molar-refractivity contribution is 0.159. The van der Waals surface area contributed by atoms with Crippen LogP contribution in [-0.4, -0.2) is 59.2 Å². The first-order chi connectivity index (χ1) is 16.2. The number of nitrogens with zero attached hydrogens (tertiary/aromatic N) is 2. The largest absolute Gasteiger partial charge is 0.394 e. The molecule has 1 aliphatic rings. The first-order valence-corrected chi connectivity index (χ1v) is 14.5. The van der Waals surface area contributed by atoms with E-state index in [9.17, 15) is 4.21 Å². The molecule has 0 aliphatic carbocycles. The van der Waals surface area contributed by atoms with Crippen molar-refractivity contribution in [1.82, 2.24) is 4.90 Å². The van der Waals surface area contributed by atoms with Crippen LogP contribution in [0.2, 0.25) is 0 Å². The fourth-order valence-corrected chi connectivity index (χ4v) is 5.86. The van der Waals surface area contributed by atoms with Crippen LogP contribution in [0.1, 0.15) is 63.2 Å². The van der Waals surface area contributed by atoms with Gasteiger partial charge < -0.3 is 21.2 Å². The number of rotatable bonds is 14. The summed E-state index contributed by atoms with van der Waals surface area (Å²) in [7, 11) is -1.02. The van der Waals surface area contributed by atoms with Gasteiger partial charge in [0, 0.05) is 4.70 Å². The van der Waals surface area contributed by atoms with Crippen molar-refractivity contribution in [3.05, 3.63) is 35.2 Å². The topological polar surface area (TPSA) is 93.9 Å². The van der Waals surface area contributed by atoms with Crippen molar-refractivity contribution in [1.29, 1.82) is 0 Å². The van der Waals surface area contributed by atoms with E-state index in [1.807, 2.05) is 24.3 Å². The summed E-state index contributed by atoms with van der Waals surface area (Å²) >= 11 is 1.60. The average molecular weight is 495 g/mol. The van der Waals surface area contributed by atoms with Crippen molar-refractivity contribution in [2.45, 2.75) is 58.3 Å². The van der Waals surface area contributed by atoms with E-state index in [0.29, 0.717) is 17.4 Å². The third kappa shape index (κ3) is 10.6. The molecule has 0 fully saturated rings. The van der Waals surface area contributed by atoms with Crippen molar-refractivity contribution in [2.75, 3.05) is 45.1 Å². The maximum atomic E-state index is 11.8. The fraction of sp³-hybridized carbons (Fsp3) is 0.640. The van der Waals surface area contributed by atoms with Crippen LogP contribution in [-0.2, 0) is 15.6 Å². The van der Waals surface area contributed by atoms with Crippen molar-refractivity contribution in [3.63, 3.8) is 0 Å². The van der Waals surface area contributed by atoms with Gasteiger partial charge in [-0.3, -0.25) is 4.21 Å². The monoisotopic (exact) mass is 494 g/mol. The Morgan fingerprint density at radius 1 is 1.00 bits per heavy atom. The minimum Gasteiger partial charge on any atom is -0.394 e. The van der Waals surface area contributed by atoms with E-state index in [4.69, 9.17) is 16.3 Å². The van der Waals surface area contributed by atoms with E-state index in [-0.39, 0.29) is 0 Å². The zero-order chi connectivity index (χ0) is 23.7. The van der Waals surface area contributed by atoms with Crippen LogP contribution in [0.5, 0.6) is 0 Å². The van der Waals surface area contributed by atoms with Crippen LogP contribution in [0.15, 0.2) is 35.5 Å². The van der Waals surface area contributed by atoms with Gasteiger partial charge in [0.05, 0.1) is 21.4 Å². The zero-order valence-electron chi connectivity index (χ0n) is 20.2. The number of thiophene rings is 1. The molecule has 0 bridgehead atoms. The molecule has 0 saturated heterocycles. The van der Waals surface area contributed by atoms with Crippen molar-refractivity contribution < 1.29 is 9.05 Å². The van der Waals surface area contributed by atoms with Gasteiger partial charge in [-0.05, 0) is 69.5 Å². The second-order valence-electron chi connectivity index (χ2n) is 8.32. The minimum atomic E-state index is -1.02. The fourth-order valence-electron chi connectivity index (χ4n) is 3.68. The molecule has 8 heteroatoms. The van der Waals surface area contributed by atoms with Crippen LogP contribution in [0, 0.1) is 0 Å². The molecular formula is C25H42N4O2S2. The smallest absolute Gasteiger partial charge is 0.183 e. The predicted octanol–water partition coefficient (Wildman–Crippen LogP) is 4.69. The molecule has 2 aromatic rings. The molecule has 0 saturated carbocycles. The SMILES string of the molecule is CCCCCCCCN(CCCN)CCCN.O=S1CCON=C1c1cc2ccccc2s1. The Hall–Kier alpha value is -1.32. The van der Waals surface area contributed by atoms with E-state index in [2.05, 4.69) is 23.0 Å². The molecule has 186 valence electrons. The third-order valence-corrected chi connectivity index (χ3v) is 8.06. The van der Waals surface area contributed by atoms with Gasteiger partial charge in [-0.1, -0.05) is 62.4 Å². The molecule has 4 N–H and O–H groups in total. The van der Waals surface area contributed by atoms with Crippen LogP contribution >= 0.6 is 11.3 Å². The Morgan fingerprint density at radius 2 is 1.67 bits per heavy atom. The first-order valence-electron chi connectivity index (χ1n) is 12.4.